The molecule has 0 radical (unpaired) electrons. The van der Waals surface area contributed by atoms with E-state index in [2.05, 4.69) is 29.2 Å². The van der Waals surface area contributed by atoms with Crippen molar-refractivity contribution in [2.24, 2.45) is 5.73 Å². The average molecular weight is 244 g/mol. The molecule has 2 rings (SSSR count). The quantitative estimate of drug-likeness (QED) is 0.820. The van der Waals surface area contributed by atoms with Gasteiger partial charge in [0.15, 0.2) is 0 Å². The number of nitrogens with two attached hydrogens (primary N) is 1. The van der Waals surface area contributed by atoms with E-state index < -0.39 is 0 Å². The Morgan fingerprint density at radius 3 is 2.47 bits per heavy atom. The lowest BCUT2D eigenvalue weighted by Gasteiger charge is -2.15. The Kier molecular flexibility index (Phi) is 4.59. The minimum Gasteiger partial charge on any atom is -0.330 e. The van der Waals surface area contributed by atoms with Crippen molar-refractivity contribution in [3.05, 3.63) is 60.3 Å². The Bertz CT molecular complexity index is 430. The molecule has 0 aliphatic carbocycles. The first kappa shape index (κ1) is 12.1. The van der Waals surface area contributed by atoms with E-state index in [0.29, 0.717) is 11.8 Å². The molecule has 0 fully saturated rings. The van der Waals surface area contributed by atoms with Crippen LogP contribution in [0.5, 0.6) is 0 Å². The molecule has 3 heteroatoms. The zero-order valence-corrected chi connectivity index (χ0v) is 10.4. The summed E-state index contributed by atoms with van der Waals surface area (Å²) in [5.41, 5.74) is 7.00. The van der Waals surface area contributed by atoms with Crippen molar-refractivity contribution >= 4 is 11.8 Å². The van der Waals surface area contributed by atoms with Crippen LogP contribution in [0.15, 0.2) is 59.8 Å². The standard InChI is InChI=1S/C14H16N2S/c15-10-9-13(12-6-2-1-3-7-12)17-14-8-4-5-11-16-14/h1-8,11,13H,9-10,15H2. The van der Waals surface area contributed by atoms with Gasteiger partial charge in [0.2, 0.25) is 0 Å². The van der Waals surface area contributed by atoms with Crippen molar-refractivity contribution < 1.29 is 0 Å². The van der Waals surface area contributed by atoms with Gasteiger partial charge in [-0.1, -0.05) is 48.2 Å². The van der Waals surface area contributed by atoms with E-state index in [1.54, 1.807) is 11.8 Å². The summed E-state index contributed by atoms with van der Waals surface area (Å²) in [4.78, 5) is 4.35. The molecule has 1 unspecified atom stereocenters. The summed E-state index contributed by atoms with van der Waals surface area (Å²) in [5, 5.41) is 1.44. The van der Waals surface area contributed by atoms with Gasteiger partial charge in [0.05, 0.1) is 5.03 Å². The fraction of sp³-hybridized carbons (Fsp3) is 0.214. The van der Waals surface area contributed by atoms with Gasteiger partial charge < -0.3 is 5.73 Å². The highest BCUT2D eigenvalue weighted by molar-refractivity contribution is 7.99. The fourth-order valence-electron chi connectivity index (χ4n) is 1.68. The molecule has 1 atom stereocenters. The first-order chi connectivity index (χ1) is 8.40. The second kappa shape index (κ2) is 6.42. The second-order valence-electron chi connectivity index (χ2n) is 3.76. The maximum Gasteiger partial charge on any atom is 0.0965 e. The molecule has 88 valence electrons. The Morgan fingerprint density at radius 2 is 1.82 bits per heavy atom. The molecular formula is C14H16N2S. The monoisotopic (exact) mass is 244 g/mol. The van der Waals surface area contributed by atoms with Gasteiger partial charge in [0.25, 0.3) is 0 Å². The van der Waals surface area contributed by atoms with Crippen molar-refractivity contribution in [1.82, 2.24) is 4.98 Å². The van der Waals surface area contributed by atoms with Crippen LogP contribution in [0.2, 0.25) is 0 Å². The van der Waals surface area contributed by atoms with Crippen LogP contribution >= 0.6 is 11.8 Å². The number of benzene rings is 1. The van der Waals surface area contributed by atoms with Crippen LogP contribution in [0.1, 0.15) is 17.2 Å². The van der Waals surface area contributed by atoms with Crippen LogP contribution in [0.3, 0.4) is 0 Å². The molecule has 0 saturated carbocycles. The van der Waals surface area contributed by atoms with Crippen molar-refractivity contribution in [3.8, 4) is 0 Å². The smallest absolute Gasteiger partial charge is 0.0965 e. The van der Waals surface area contributed by atoms with E-state index in [9.17, 15) is 0 Å². The van der Waals surface area contributed by atoms with Gasteiger partial charge in [-0.25, -0.2) is 4.98 Å². The maximum atomic E-state index is 5.69. The lowest BCUT2D eigenvalue weighted by Crippen LogP contribution is -2.05. The van der Waals surface area contributed by atoms with Crippen molar-refractivity contribution in [1.29, 1.82) is 0 Å². The number of hydrogen-bond donors (Lipinski definition) is 1. The van der Waals surface area contributed by atoms with Crippen LogP contribution in [0, 0.1) is 0 Å². The van der Waals surface area contributed by atoms with E-state index in [4.69, 9.17) is 5.73 Å². The summed E-state index contributed by atoms with van der Waals surface area (Å²) in [5.74, 6) is 0. The molecule has 0 aliphatic heterocycles. The SMILES string of the molecule is NCCC(Sc1ccccn1)c1ccccc1. The van der Waals surface area contributed by atoms with Crippen LogP contribution in [0.25, 0.3) is 0 Å². The molecule has 2 nitrogen and oxygen atoms in total. The molecule has 1 aromatic carbocycles. The third kappa shape index (κ3) is 3.58. The Labute approximate surface area is 106 Å². The van der Waals surface area contributed by atoms with E-state index in [1.807, 2.05) is 30.5 Å². The summed E-state index contributed by atoms with van der Waals surface area (Å²) in [6.45, 7) is 0.694. The molecule has 0 spiro atoms. The van der Waals surface area contributed by atoms with Gasteiger partial charge in [-0.2, -0.15) is 0 Å². The van der Waals surface area contributed by atoms with Crippen molar-refractivity contribution in [2.45, 2.75) is 16.7 Å². The van der Waals surface area contributed by atoms with Crippen molar-refractivity contribution in [2.75, 3.05) is 6.54 Å². The minimum absolute atomic E-state index is 0.385. The first-order valence-electron chi connectivity index (χ1n) is 5.73. The summed E-state index contributed by atoms with van der Waals surface area (Å²) in [6.07, 6.45) is 2.79. The number of aromatic nitrogens is 1. The number of nitrogens with zero attached hydrogens (tertiary/aromatic N) is 1. The first-order valence-corrected chi connectivity index (χ1v) is 6.61. The zero-order chi connectivity index (χ0) is 11.9. The average Bonchev–Trinajstić information content (AvgIpc) is 2.40. The summed E-state index contributed by atoms with van der Waals surface area (Å²) in [6, 6.07) is 16.5. The fourth-order valence-corrected chi connectivity index (χ4v) is 2.79. The molecule has 0 bridgehead atoms. The Hall–Kier alpha value is -1.32. The lowest BCUT2D eigenvalue weighted by atomic mass is 10.1. The highest BCUT2D eigenvalue weighted by Gasteiger charge is 2.12. The predicted molar refractivity (Wildman–Crippen MR) is 72.9 cm³/mol. The van der Waals surface area contributed by atoms with Crippen LogP contribution in [-0.4, -0.2) is 11.5 Å². The molecule has 2 N–H and O–H groups in total. The molecular weight excluding hydrogens is 228 g/mol. The van der Waals surface area contributed by atoms with Gasteiger partial charge in [0.1, 0.15) is 0 Å². The Morgan fingerprint density at radius 1 is 1.06 bits per heavy atom. The highest BCUT2D eigenvalue weighted by Crippen LogP contribution is 2.36. The zero-order valence-electron chi connectivity index (χ0n) is 9.62. The molecule has 0 amide bonds. The normalized spacial score (nSPS) is 12.3. The number of pyridine rings is 1. The van der Waals surface area contributed by atoms with Crippen LogP contribution < -0.4 is 5.73 Å². The van der Waals surface area contributed by atoms with Crippen molar-refractivity contribution in [3.63, 3.8) is 0 Å². The lowest BCUT2D eigenvalue weighted by molar-refractivity contribution is 0.812. The van der Waals surface area contributed by atoms with Gasteiger partial charge in [0, 0.05) is 11.4 Å². The van der Waals surface area contributed by atoms with Crippen LogP contribution in [-0.2, 0) is 0 Å². The molecule has 1 heterocycles. The summed E-state index contributed by atoms with van der Waals surface area (Å²) >= 11 is 1.78. The maximum absolute atomic E-state index is 5.69. The molecule has 0 aliphatic rings. The minimum atomic E-state index is 0.385. The number of hydrogen-bond acceptors (Lipinski definition) is 3. The Balaban J connectivity index is 2.13. The van der Waals surface area contributed by atoms with Crippen LogP contribution in [0.4, 0.5) is 0 Å². The van der Waals surface area contributed by atoms with Gasteiger partial charge in [-0.15, -0.1) is 0 Å². The van der Waals surface area contributed by atoms with E-state index in [1.165, 1.54) is 5.56 Å². The largest absolute Gasteiger partial charge is 0.330 e. The number of thioether (sulfide) groups is 1. The number of rotatable bonds is 5. The van der Waals surface area contributed by atoms with Gasteiger partial charge in [-0.3, -0.25) is 0 Å². The molecule has 2 aromatic rings. The third-order valence-electron chi connectivity index (χ3n) is 2.50. The second-order valence-corrected chi connectivity index (χ2v) is 4.99. The molecule has 17 heavy (non-hydrogen) atoms. The van der Waals surface area contributed by atoms with E-state index in [-0.39, 0.29) is 0 Å². The molecule has 1 aromatic heterocycles. The predicted octanol–water partition coefficient (Wildman–Crippen LogP) is 3.26. The van der Waals surface area contributed by atoms with Gasteiger partial charge >= 0.3 is 0 Å². The van der Waals surface area contributed by atoms with E-state index >= 15 is 0 Å². The highest BCUT2D eigenvalue weighted by atomic mass is 32.2. The topological polar surface area (TPSA) is 38.9 Å². The summed E-state index contributed by atoms with van der Waals surface area (Å²) in [7, 11) is 0. The summed E-state index contributed by atoms with van der Waals surface area (Å²) < 4.78 is 0. The van der Waals surface area contributed by atoms with E-state index in [0.717, 1.165) is 11.4 Å². The molecule has 0 saturated heterocycles. The van der Waals surface area contributed by atoms with Gasteiger partial charge in [-0.05, 0) is 30.7 Å². The third-order valence-corrected chi connectivity index (χ3v) is 3.78.